The molecule has 3 fully saturated rings. The normalized spacial score (nSPS) is 23.5. The summed E-state index contributed by atoms with van der Waals surface area (Å²) in [5.74, 6) is -3.16. The van der Waals surface area contributed by atoms with E-state index < -0.39 is 41.7 Å². The third-order valence-electron chi connectivity index (χ3n) is 10.7. The number of unbranched alkanes of at least 4 members (excludes halogenated alkanes) is 2. The van der Waals surface area contributed by atoms with Gasteiger partial charge in [0.1, 0.15) is 17.7 Å². The average molecular weight is 715 g/mol. The number of esters is 1. The summed E-state index contributed by atoms with van der Waals surface area (Å²) < 4.78 is 12.9. The Morgan fingerprint density at radius 1 is 1.04 bits per heavy atom. The van der Waals surface area contributed by atoms with Crippen LogP contribution in [0.4, 0.5) is 11.4 Å². The molecule has 2 bridgehead atoms. The highest BCUT2D eigenvalue weighted by Crippen LogP contribution is 2.59. The van der Waals surface area contributed by atoms with E-state index in [1.54, 1.807) is 22.0 Å². The molecule has 0 saturated carbocycles. The minimum absolute atomic E-state index is 0.0372. The van der Waals surface area contributed by atoms with Gasteiger partial charge >= 0.3 is 5.97 Å². The topological polar surface area (TPSA) is 129 Å². The molecule has 2 N–H and O–H groups in total. The molecular formula is C41H54N4O7. The van der Waals surface area contributed by atoms with E-state index in [4.69, 9.17) is 9.47 Å². The van der Waals surface area contributed by atoms with Gasteiger partial charge < -0.3 is 34.6 Å². The van der Waals surface area contributed by atoms with Crippen LogP contribution in [-0.2, 0) is 28.7 Å². The minimum atomic E-state index is -1.21. The molecule has 1 spiro atoms. The van der Waals surface area contributed by atoms with Crippen LogP contribution in [0.25, 0.3) is 0 Å². The Labute approximate surface area is 307 Å². The summed E-state index contributed by atoms with van der Waals surface area (Å²) in [6.45, 7) is 14.1. The SMILES string of the molecule is C=CCCC(=O)NC[C@@H](OC(=O)[C@@H]1[C@H]2C(=O)N(CCCCCO)[C@H](C(=O)N(CC=C)c3ccc(N(CC)CC)cc3)[C@]23CC[C@H]1O3)c1ccccc1. The number of likely N-dealkylation sites (tertiary alicyclic amines) is 1. The van der Waals surface area contributed by atoms with Crippen molar-refractivity contribution in [3.05, 3.63) is 85.5 Å². The Bertz CT molecular complexity index is 1560. The average Bonchev–Trinajstić information content (AvgIpc) is 3.81. The minimum Gasteiger partial charge on any atom is -0.455 e. The summed E-state index contributed by atoms with van der Waals surface area (Å²) >= 11 is 0. The molecule has 3 aliphatic heterocycles. The van der Waals surface area contributed by atoms with Crippen LogP contribution in [0.1, 0.15) is 70.5 Å². The molecule has 0 unspecified atom stereocenters. The van der Waals surface area contributed by atoms with Crippen LogP contribution in [0, 0.1) is 11.8 Å². The maximum absolute atomic E-state index is 14.9. The third kappa shape index (κ3) is 7.95. The zero-order valence-electron chi connectivity index (χ0n) is 30.6. The second kappa shape index (κ2) is 17.8. The van der Waals surface area contributed by atoms with Crippen LogP contribution in [0.3, 0.4) is 0 Å². The molecule has 3 saturated heterocycles. The Balaban J connectivity index is 1.45. The van der Waals surface area contributed by atoms with Gasteiger partial charge in [-0.3, -0.25) is 19.2 Å². The van der Waals surface area contributed by atoms with Crippen molar-refractivity contribution in [1.82, 2.24) is 10.2 Å². The number of nitrogens with one attached hydrogen (secondary N) is 1. The van der Waals surface area contributed by atoms with E-state index >= 15 is 0 Å². The highest BCUT2D eigenvalue weighted by molar-refractivity contribution is 6.04. The van der Waals surface area contributed by atoms with Gasteiger partial charge in [-0.2, -0.15) is 0 Å². The number of carbonyl (C=O) groups is 4. The molecule has 3 amide bonds. The quantitative estimate of drug-likeness (QED) is 0.112. The van der Waals surface area contributed by atoms with E-state index in [1.165, 1.54) is 0 Å². The van der Waals surface area contributed by atoms with Gasteiger partial charge in [0.05, 0.1) is 24.5 Å². The van der Waals surface area contributed by atoms with Crippen LogP contribution >= 0.6 is 0 Å². The third-order valence-corrected chi connectivity index (χ3v) is 10.7. The first-order chi connectivity index (χ1) is 25.2. The lowest BCUT2D eigenvalue weighted by molar-refractivity contribution is -0.160. The molecule has 2 aromatic rings. The van der Waals surface area contributed by atoms with Crippen molar-refractivity contribution in [3.8, 4) is 0 Å². The van der Waals surface area contributed by atoms with E-state index in [2.05, 4.69) is 37.2 Å². The number of aliphatic hydroxyl groups is 1. The second-order valence-electron chi connectivity index (χ2n) is 13.8. The molecule has 52 heavy (non-hydrogen) atoms. The Kier molecular flexibility index (Phi) is 13.3. The summed E-state index contributed by atoms with van der Waals surface area (Å²) in [7, 11) is 0. The van der Waals surface area contributed by atoms with Crippen molar-refractivity contribution in [2.45, 2.75) is 82.6 Å². The number of allylic oxidation sites excluding steroid dienone is 1. The van der Waals surface area contributed by atoms with E-state index in [0.29, 0.717) is 49.8 Å². The van der Waals surface area contributed by atoms with Gasteiger partial charge in [0.2, 0.25) is 11.8 Å². The predicted octanol–water partition coefficient (Wildman–Crippen LogP) is 4.96. The Morgan fingerprint density at radius 2 is 1.75 bits per heavy atom. The highest BCUT2D eigenvalue weighted by atomic mass is 16.6. The van der Waals surface area contributed by atoms with Crippen molar-refractivity contribution < 1.29 is 33.8 Å². The van der Waals surface area contributed by atoms with Gasteiger partial charge in [-0.25, -0.2) is 0 Å². The predicted molar refractivity (Wildman–Crippen MR) is 201 cm³/mol. The summed E-state index contributed by atoms with van der Waals surface area (Å²) in [5.41, 5.74) is 1.23. The first kappa shape index (κ1) is 38.7. The van der Waals surface area contributed by atoms with Gasteiger partial charge in [-0.05, 0) is 82.2 Å². The molecule has 3 aliphatic rings. The largest absolute Gasteiger partial charge is 0.455 e. The van der Waals surface area contributed by atoms with Crippen molar-refractivity contribution in [3.63, 3.8) is 0 Å². The maximum Gasteiger partial charge on any atom is 0.313 e. The first-order valence-electron chi connectivity index (χ1n) is 18.7. The second-order valence-corrected chi connectivity index (χ2v) is 13.8. The molecule has 0 aliphatic carbocycles. The molecular weight excluding hydrogens is 660 g/mol. The molecule has 6 atom stereocenters. The number of anilines is 2. The number of hydrogen-bond donors (Lipinski definition) is 2. The number of carbonyl (C=O) groups excluding carboxylic acids is 4. The molecule has 11 nitrogen and oxygen atoms in total. The van der Waals surface area contributed by atoms with Crippen LogP contribution in [0.2, 0.25) is 0 Å². The summed E-state index contributed by atoms with van der Waals surface area (Å²) in [4.78, 5) is 61.7. The molecule has 5 rings (SSSR count). The number of amides is 3. The number of hydrogen-bond acceptors (Lipinski definition) is 8. The van der Waals surface area contributed by atoms with Crippen molar-refractivity contribution in [2.24, 2.45) is 11.8 Å². The Morgan fingerprint density at radius 3 is 2.40 bits per heavy atom. The molecule has 3 heterocycles. The zero-order valence-corrected chi connectivity index (χ0v) is 30.6. The fourth-order valence-electron chi connectivity index (χ4n) is 8.19. The zero-order chi connectivity index (χ0) is 37.3. The first-order valence-corrected chi connectivity index (χ1v) is 18.7. The number of fused-ring (bicyclic) bond motifs is 1. The number of aliphatic hydroxyl groups excluding tert-OH is 1. The standard InChI is InChI=1S/C41H54N4O7/c1-5-9-18-34(47)42-28-33(29-16-12-10-13-17-29)51-40(50)35-32-23-24-41(52-32)36(35)38(48)45(26-14-11-15-27-46)37(41)39(49)44(25-6-2)31-21-19-30(20-22-31)43(7-3)8-4/h5-6,10,12-13,16-17,19-22,32-33,35-37,46H,1-2,7-9,11,14-15,18,23-28H2,3-4H3,(H,42,47)/t32-,33-,35+,36+,37-,41+/m1/s1. The van der Waals surface area contributed by atoms with E-state index in [1.807, 2.05) is 54.6 Å². The van der Waals surface area contributed by atoms with Gasteiger partial charge in [0.15, 0.2) is 0 Å². The molecule has 11 heteroatoms. The van der Waals surface area contributed by atoms with Gasteiger partial charge in [-0.1, -0.05) is 42.5 Å². The maximum atomic E-state index is 14.9. The van der Waals surface area contributed by atoms with Crippen molar-refractivity contribution >= 4 is 35.1 Å². The highest BCUT2D eigenvalue weighted by Gasteiger charge is 2.75. The molecule has 280 valence electrons. The Hall–Kier alpha value is -4.48. The lowest BCUT2D eigenvalue weighted by atomic mass is 9.70. The molecule has 2 aromatic carbocycles. The summed E-state index contributed by atoms with van der Waals surface area (Å²) in [5, 5.41) is 12.3. The monoisotopic (exact) mass is 714 g/mol. The number of ether oxygens (including phenoxy) is 2. The fraction of sp³-hybridized carbons (Fsp3) is 0.512. The van der Waals surface area contributed by atoms with Gasteiger partial charge in [-0.15, -0.1) is 13.2 Å². The lowest BCUT2D eigenvalue weighted by Crippen LogP contribution is -2.56. The lowest BCUT2D eigenvalue weighted by Gasteiger charge is -2.37. The van der Waals surface area contributed by atoms with E-state index in [9.17, 15) is 24.3 Å². The van der Waals surface area contributed by atoms with Crippen LogP contribution in [0.15, 0.2) is 79.9 Å². The summed E-state index contributed by atoms with van der Waals surface area (Å²) in [6, 6.07) is 16.1. The summed E-state index contributed by atoms with van der Waals surface area (Å²) in [6.07, 6.45) is 5.54. The van der Waals surface area contributed by atoms with Crippen molar-refractivity contribution in [1.29, 1.82) is 0 Å². The van der Waals surface area contributed by atoms with Gasteiger partial charge in [0.25, 0.3) is 5.91 Å². The van der Waals surface area contributed by atoms with Crippen molar-refractivity contribution in [2.75, 3.05) is 49.1 Å². The van der Waals surface area contributed by atoms with Crippen LogP contribution < -0.4 is 15.1 Å². The smallest absolute Gasteiger partial charge is 0.313 e. The van der Waals surface area contributed by atoms with Crippen LogP contribution in [0.5, 0.6) is 0 Å². The molecule has 0 radical (unpaired) electrons. The van der Waals surface area contributed by atoms with E-state index in [0.717, 1.165) is 18.8 Å². The number of rotatable bonds is 20. The molecule has 0 aromatic heterocycles. The number of benzene rings is 2. The van der Waals surface area contributed by atoms with E-state index in [-0.39, 0.29) is 50.4 Å². The fourth-order valence-corrected chi connectivity index (χ4v) is 8.19. The number of nitrogens with zero attached hydrogens (tertiary/aromatic N) is 3. The van der Waals surface area contributed by atoms with Gasteiger partial charge in [0, 0.05) is 50.6 Å². The van der Waals surface area contributed by atoms with Crippen LogP contribution in [-0.4, -0.2) is 90.8 Å².